The molecule has 1 aromatic carbocycles. The fourth-order valence-electron chi connectivity index (χ4n) is 2.60. The summed E-state index contributed by atoms with van der Waals surface area (Å²) in [5.41, 5.74) is 1.16. The summed E-state index contributed by atoms with van der Waals surface area (Å²) in [6.07, 6.45) is 2.21. The molecule has 0 aromatic heterocycles. The molecule has 2 aliphatic rings. The van der Waals surface area contributed by atoms with Crippen LogP contribution in [0.1, 0.15) is 28.8 Å². The van der Waals surface area contributed by atoms with Gasteiger partial charge in [-0.25, -0.2) is 0 Å². The van der Waals surface area contributed by atoms with Crippen LogP contribution in [0.3, 0.4) is 0 Å². The molecule has 96 valence electrons. The number of β-amino-alcohol motifs (C(OH)–C–C–N with tert-alkyl or cyclic N) is 1. The number of carbonyl (C=O) groups excluding carboxylic acids is 1. The van der Waals surface area contributed by atoms with Gasteiger partial charge in [0, 0.05) is 10.0 Å². The third-order valence-electron chi connectivity index (χ3n) is 3.96. The smallest absolute Gasteiger partial charge is 0.254 e. The Hall–Kier alpha value is -0.870. The Morgan fingerprint density at radius 1 is 1.44 bits per heavy atom. The van der Waals surface area contributed by atoms with E-state index in [2.05, 4.69) is 15.9 Å². The predicted octanol–water partition coefficient (Wildman–Crippen LogP) is 2.35. The summed E-state index contributed by atoms with van der Waals surface area (Å²) in [6.45, 7) is 2.95. The number of hydrogen-bond donors (Lipinski definition) is 1. The molecule has 1 aliphatic heterocycles. The lowest BCUT2D eigenvalue weighted by Gasteiger charge is -2.47. The number of nitrogens with zero attached hydrogens (tertiary/aromatic N) is 1. The lowest BCUT2D eigenvalue weighted by molar-refractivity contribution is -0.0958. The average Bonchev–Trinajstić information content (AvgIpc) is 3.12. The molecule has 18 heavy (non-hydrogen) atoms. The highest BCUT2D eigenvalue weighted by atomic mass is 79.9. The van der Waals surface area contributed by atoms with Gasteiger partial charge in [-0.2, -0.15) is 0 Å². The van der Waals surface area contributed by atoms with Crippen molar-refractivity contribution >= 4 is 21.8 Å². The first-order valence-corrected chi connectivity index (χ1v) is 7.07. The third kappa shape index (κ3) is 1.97. The fraction of sp³-hybridized carbons (Fsp3) is 0.500. The molecule has 1 saturated heterocycles. The van der Waals surface area contributed by atoms with Crippen LogP contribution in [0.15, 0.2) is 22.7 Å². The monoisotopic (exact) mass is 309 g/mol. The first-order valence-electron chi connectivity index (χ1n) is 6.27. The van der Waals surface area contributed by atoms with E-state index < -0.39 is 5.60 Å². The van der Waals surface area contributed by atoms with Crippen molar-refractivity contribution in [3.05, 3.63) is 33.8 Å². The number of hydrogen-bond acceptors (Lipinski definition) is 2. The minimum Gasteiger partial charge on any atom is -0.386 e. The van der Waals surface area contributed by atoms with E-state index in [4.69, 9.17) is 0 Å². The quantitative estimate of drug-likeness (QED) is 0.911. The minimum absolute atomic E-state index is 0.0240. The van der Waals surface area contributed by atoms with Crippen LogP contribution < -0.4 is 0 Å². The number of aliphatic hydroxyl groups is 1. The Kier molecular flexibility index (Phi) is 2.75. The maximum absolute atomic E-state index is 12.2. The summed E-state index contributed by atoms with van der Waals surface area (Å²) in [4.78, 5) is 14.0. The molecule has 0 unspecified atom stereocenters. The van der Waals surface area contributed by atoms with Gasteiger partial charge in [0.05, 0.1) is 13.1 Å². The van der Waals surface area contributed by atoms with E-state index in [0.717, 1.165) is 22.9 Å². The molecule has 2 fully saturated rings. The average molecular weight is 310 g/mol. The third-order valence-corrected chi connectivity index (χ3v) is 4.85. The first-order chi connectivity index (χ1) is 8.49. The minimum atomic E-state index is -0.597. The molecule has 0 spiro atoms. The molecule has 4 heteroatoms. The van der Waals surface area contributed by atoms with Crippen LogP contribution in [-0.4, -0.2) is 34.6 Å². The van der Waals surface area contributed by atoms with E-state index in [0.29, 0.717) is 24.6 Å². The SMILES string of the molecule is Cc1cc(C(=O)N2CC(O)(C3CC3)C2)ccc1Br. The van der Waals surface area contributed by atoms with Crippen molar-refractivity contribution in [2.24, 2.45) is 5.92 Å². The summed E-state index contributed by atoms with van der Waals surface area (Å²) >= 11 is 3.43. The number of amides is 1. The predicted molar refractivity (Wildman–Crippen MR) is 72.5 cm³/mol. The Morgan fingerprint density at radius 3 is 2.67 bits per heavy atom. The standard InChI is InChI=1S/C14H16BrNO2/c1-9-6-10(2-5-12(9)15)13(17)16-7-14(18,8-16)11-3-4-11/h2,5-6,11,18H,3-4,7-8H2,1H3. The lowest BCUT2D eigenvalue weighted by Crippen LogP contribution is -2.64. The molecule has 1 heterocycles. The second-order valence-corrected chi connectivity index (χ2v) is 6.36. The molecule has 1 amide bonds. The zero-order chi connectivity index (χ0) is 12.9. The van der Waals surface area contributed by atoms with Crippen LogP contribution in [0.2, 0.25) is 0 Å². The largest absolute Gasteiger partial charge is 0.386 e. The van der Waals surface area contributed by atoms with E-state index >= 15 is 0 Å². The van der Waals surface area contributed by atoms with E-state index in [1.807, 2.05) is 25.1 Å². The highest BCUT2D eigenvalue weighted by Gasteiger charge is 2.53. The summed E-state index contributed by atoms with van der Waals surface area (Å²) < 4.78 is 1.01. The van der Waals surface area contributed by atoms with Gasteiger partial charge in [-0.1, -0.05) is 15.9 Å². The number of halogens is 1. The summed E-state index contributed by atoms with van der Waals surface area (Å²) in [5.74, 6) is 0.448. The van der Waals surface area contributed by atoms with Gasteiger partial charge in [0.15, 0.2) is 0 Å². The molecule has 1 aromatic rings. The molecule has 1 saturated carbocycles. The normalized spacial score (nSPS) is 21.6. The number of carbonyl (C=O) groups is 1. The summed E-state index contributed by atoms with van der Waals surface area (Å²) in [6, 6.07) is 5.62. The van der Waals surface area contributed by atoms with Crippen molar-refractivity contribution in [3.8, 4) is 0 Å². The number of likely N-dealkylation sites (tertiary alicyclic amines) is 1. The van der Waals surface area contributed by atoms with Gasteiger partial charge < -0.3 is 10.0 Å². The van der Waals surface area contributed by atoms with Gasteiger partial charge in [-0.05, 0) is 49.4 Å². The van der Waals surface area contributed by atoms with Crippen molar-refractivity contribution in [3.63, 3.8) is 0 Å². The molecule has 0 bridgehead atoms. The fourth-order valence-corrected chi connectivity index (χ4v) is 2.84. The second kappa shape index (κ2) is 4.07. The van der Waals surface area contributed by atoms with E-state index in [1.54, 1.807) is 4.90 Å². The Balaban J connectivity index is 1.70. The first kappa shape index (κ1) is 12.2. The van der Waals surface area contributed by atoms with Crippen LogP contribution in [0, 0.1) is 12.8 Å². The Bertz CT molecular complexity index is 505. The zero-order valence-corrected chi connectivity index (χ0v) is 11.9. The summed E-state index contributed by atoms with van der Waals surface area (Å²) in [7, 11) is 0. The van der Waals surface area contributed by atoms with E-state index in [-0.39, 0.29) is 5.91 Å². The molecule has 1 aliphatic carbocycles. The molecule has 1 N–H and O–H groups in total. The van der Waals surface area contributed by atoms with Gasteiger partial charge in [0.1, 0.15) is 5.60 Å². The lowest BCUT2D eigenvalue weighted by atomic mass is 9.88. The highest BCUT2D eigenvalue weighted by Crippen LogP contribution is 2.44. The van der Waals surface area contributed by atoms with Crippen molar-refractivity contribution in [2.45, 2.75) is 25.4 Å². The molecular weight excluding hydrogens is 294 g/mol. The topological polar surface area (TPSA) is 40.5 Å². The zero-order valence-electron chi connectivity index (χ0n) is 10.3. The number of aryl methyl sites for hydroxylation is 1. The van der Waals surface area contributed by atoms with Gasteiger partial charge in [0.25, 0.3) is 5.91 Å². The van der Waals surface area contributed by atoms with Crippen molar-refractivity contribution in [1.82, 2.24) is 4.90 Å². The molecule has 0 atom stereocenters. The van der Waals surface area contributed by atoms with Crippen LogP contribution in [-0.2, 0) is 0 Å². The maximum atomic E-state index is 12.2. The van der Waals surface area contributed by atoms with Crippen LogP contribution >= 0.6 is 15.9 Å². The van der Waals surface area contributed by atoms with Crippen molar-refractivity contribution < 1.29 is 9.90 Å². The molecule has 3 rings (SSSR count). The van der Waals surface area contributed by atoms with E-state index in [9.17, 15) is 9.90 Å². The Labute approximate surface area is 115 Å². The van der Waals surface area contributed by atoms with Crippen LogP contribution in [0.5, 0.6) is 0 Å². The maximum Gasteiger partial charge on any atom is 0.254 e. The van der Waals surface area contributed by atoms with Crippen molar-refractivity contribution in [1.29, 1.82) is 0 Å². The van der Waals surface area contributed by atoms with Gasteiger partial charge in [-0.15, -0.1) is 0 Å². The van der Waals surface area contributed by atoms with Crippen LogP contribution in [0.25, 0.3) is 0 Å². The number of rotatable bonds is 2. The van der Waals surface area contributed by atoms with Gasteiger partial charge >= 0.3 is 0 Å². The van der Waals surface area contributed by atoms with Crippen LogP contribution in [0.4, 0.5) is 0 Å². The molecule has 0 radical (unpaired) electrons. The second-order valence-electron chi connectivity index (χ2n) is 5.50. The molecule has 3 nitrogen and oxygen atoms in total. The Morgan fingerprint density at radius 2 is 2.11 bits per heavy atom. The highest BCUT2D eigenvalue weighted by molar-refractivity contribution is 9.10. The molecular formula is C14H16BrNO2. The van der Waals surface area contributed by atoms with Crippen molar-refractivity contribution in [2.75, 3.05) is 13.1 Å². The van der Waals surface area contributed by atoms with Gasteiger partial charge in [0.2, 0.25) is 0 Å². The number of benzene rings is 1. The van der Waals surface area contributed by atoms with Gasteiger partial charge in [-0.3, -0.25) is 4.79 Å². The van der Waals surface area contributed by atoms with E-state index in [1.165, 1.54) is 0 Å². The summed E-state index contributed by atoms with van der Waals surface area (Å²) in [5, 5.41) is 10.2.